The number of benzene rings is 1. The summed E-state index contributed by atoms with van der Waals surface area (Å²) in [5, 5.41) is 6.16. The van der Waals surface area contributed by atoms with Crippen molar-refractivity contribution in [3.05, 3.63) is 40.9 Å². The van der Waals surface area contributed by atoms with Crippen molar-refractivity contribution in [2.24, 2.45) is 5.18 Å². The summed E-state index contributed by atoms with van der Waals surface area (Å²) in [5.74, 6) is 0.215. The Bertz CT molecular complexity index is 597. The quantitative estimate of drug-likeness (QED) is 0.853. The van der Waals surface area contributed by atoms with Gasteiger partial charge in [0.2, 0.25) is 5.00 Å². The molecule has 0 aliphatic rings. The van der Waals surface area contributed by atoms with Crippen molar-refractivity contribution in [1.82, 2.24) is 0 Å². The molecule has 19 heavy (non-hydrogen) atoms. The summed E-state index contributed by atoms with van der Waals surface area (Å²) in [5.41, 5.74) is 0.437. The lowest BCUT2D eigenvalue weighted by Gasteiger charge is -2.06. The van der Waals surface area contributed by atoms with Gasteiger partial charge in [-0.25, -0.2) is 9.78 Å². The number of rotatable bonds is 5. The number of aromatic nitrogens is 1. The second-order valence-electron chi connectivity index (χ2n) is 3.53. The average molecular weight is 278 g/mol. The van der Waals surface area contributed by atoms with Crippen LogP contribution in [-0.2, 0) is 0 Å². The number of hydrogen-bond donors (Lipinski definition) is 1. The standard InChI is InChI=1S/C12H11N3O3S/c1-2-18-9-6-4-3-5-8(9)11(16)14-12-13-7-10(15-17)19-12/h3-7H,2H2,1H3,(H,13,14,16)/p+1. The van der Waals surface area contributed by atoms with E-state index < -0.39 is 0 Å². The number of anilines is 1. The van der Waals surface area contributed by atoms with Crippen LogP contribution >= 0.6 is 11.3 Å². The summed E-state index contributed by atoms with van der Waals surface area (Å²) in [6.45, 7) is 2.33. The number of carbonyl (C=O) groups excluding carboxylic acids is 1. The van der Waals surface area contributed by atoms with Crippen LogP contribution in [0.1, 0.15) is 17.3 Å². The molecule has 7 heteroatoms. The van der Waals surface area contributed by atoms with Gasteiger partial charge < -0.3 is 4.74 Å². The first-order valence-corrected chi connectivity index (χ1v) is 6.44. The molecule has 0 spiro atoms. The number of ether oxygens (including phenoxy) is 1. The Labute approximate surface area is 113 Å². The number of nitrogens with one attached hydrogen (secondary N) is 2. The predicted octanol–water partition coefficient (Wildman–Crippen LogP) is 2.61. The van der Waals surface area contributed by atoms with E-state index in [1.165, 1.54) is 6.20 Å². The first-order chi connectivity index (χ1) is 9.24. The van der Waals surface area contributed by atoms with Crippen molar-refractivity contribution >= 4 is 27.4 Å². The summed E-state index contributed by atoms with van der Waals surface area (Å²) in [4.78, 5) is 25.2. The highest BCUT2D eigenvalue weighted by atomic mass is 32.1. The topological polar surface area (TPSA) is 81.9 Å². The third-order valence-electron chi connectivity index (χ3n) is 2.28. The molecule has 98 valence electrons. The molecule has 2 N–H and O–H groups in total. The van der Waals surface area contributed by atoms with Crippen LogP contribution in [-0.4, -0.2) is 12.5 Å². The maximum absolute atomic E-state index is 12.1. The molecule has 1 aromatic heterocycles. The van der Waals surface area contributed by atoms with Gasteiger partial charge in [0.05, 0.1) is 6.61 Å². The van der Waals surface area contributed by atoms with Crippen molar-refractivity contribution in [3.63, 3.8) is 0 Å². The van der Waals surface area contributed by atoms with Gasteiger partial charge in [-0.3, -0.25) is 0 Å². The predicted molar refractivity (Wildman–Crippen MR) is 71.9 cm³/mol. The third-order valence-corrected chi connectivity index (χ3v) is 3.11. The SMILES string of the molecule is CCOc1ccccc1C(=O)Nc1[nH+]cc(N=O)s1. The van der Waals surface area contributed by atoms with Gasteiger partial charge in [-0.05, 0) is 35.6 Å². The minimum atomic E-state index is -0.306. The number of nitroso groups, excluding NO2 is 1. The van der Waals surface area contributed by atoms with Gasteiger partial charge in [-0.1, -0.05) is 12.1 Å². The fraction of sp³-hybridized carbons (Fsp3) is 0.167. The van der Waals surface area contributed by atoms with E-state index in [9.17, 15) is 9.70 Å². The number of carbonyl (C=O) groups is 1. The van der Waals surface area contributed by atoms with Crippen molar-refractivity contribution in [2.75, 3.05) is 11.9 Å². The molecule has 0 saturated carbocycles. The van der Waals surface area contributed by atoms with Crippen LogP contribution in [0.4, 0.5) is 10.1 Å². The third kappa shape index (κ3) is 3.14. The highest BCUT2D eigenvalue weighted by Gasteiger charge is 2.19. The minimum absolute atomic E-state index is 0.272. The van der Waals surface area contributed by atoms with Crippen molar-refractivity contribution in [2.45, 2.75) is 6.92 Å². The summed E-state index contributed by atoms with van der Waals surface area (Å²) in [6, 6.07) is 6.96. The summed E-state index contributed by atoms with van der Waals surface area (Å²) in [6.07, 6.45) is 1.43. The zero-order valence-corrected chi connectivity index (χ0v) is 11.0. The van der Waals surface area contributed by atoms with E-state index in [2.05, 4.69) is 15.5 Å². The Morgan fingerprint density at radius 1 is 1.47 bits per heavy atom. The number of H-pyrrole nitrogens is 1. The van der Waals surface area contributed by atoms with E-state index in [0.717, 1.165) is 11.3 Å². The highest BCUT2D eigenvalue weighted by Crippen LogP contribution is 2.24. The van der Waals surface area contributed by atoms with Crippen LogP contribution in [0.25, 0.3) is 0 Å². The average Bonchev–Trinajstić information content (AvgIpc) is 2.87. The molecule has 0 atom stereocenters. The van der Waals surface area contributed by atoms with E-state index in [1.54, 1.807) is 24.3 Å². The Balaban J connectivity index is 2.17. The van der Waals surface area contributed by atoms with Crippen LogP contribution in [0.3, 0.4) is 0 Å². The molecule has 2 rings (SSSR count). The second-order valence-corrected chi connectivity index (χ2v) is 4.56. The molecule has 1 heterocycles. The molecule has 0 aliphatic heterocycles. The lowest BCUT2D eigenvalue weighted by molar-refractivity contribution is -0.353. The summed E-state index contributed by atoms with van der Waals surface area (Å²) in [7, 11) is 0. The molecule has 0 bridgehead atoms. The summed E-state index contributed by atoms with van der Waals surface area (Å²) < 4.78 is 5.39. The van der Waals surface area contributed by atoms with E-state index in [0.29, 0.717) is 23.1 Å². The molecule has 6 nitrogen and oxygen atoms in total. The van der Waals surface area contributed by atoms with Gasteiger partial charge in [0.1, 0.15) is 17.5 Å². The fourth-order valence-electron chi connectivity index (χ4n) is 1.50. The number of aromatic amines is 1. The highest BCUT2D eigenvalue weighted by molar-refractivity contribution is 7.18. The molecule has 0 aliphatic carbocycles. The van der Waals surface area contributed by atoms with Gasteiger partial charge in [0.15, 0.2) is 0 Å². The minimum Gasteiger partial charge on any atom is -0.493 e. The smallest absolute Gasteiger partial charge is 0.343 e. The number of thiazole rings is 1. The monoisotopic (exact) mass is 278 g/mol. The van der Waals surface area contributed by atoms with Gasteiger partial charge in [0, 0.05) is 0 Å². The van der Waals surface area contributed by atoms with Crippen LogP contribution in [0.15, 0.2) is 35.6 Å². The maximum Gasteiger partial charge on any atom is 0.343 e. The van der Waals surface area contributed by atoms with Crippen LogP contribution < -0.4 is 15.0 Å². The maximum atomic E-state index is 12.1. The van der Waals surface area contributed by atoms with Crippen molar-refractivity contribution < 1.29 is 14.5 Å². The second kappa shape index (κ2) is 6.05. The van der Waals surface area contributed by atoms with Gasteiger partial charge in [-0.15, -0.1) is 4.91 Å². The lowest BCUT2D eigenvalue weighted by Crippen LogP contribution is -2.17. The molecule has 0 unspecified atom stereocenters. The molecule has 2 aromatic rings. The van der Waals surface area contributed by atoms with Gasteiger partial charge >= 0.3 is 11.0 Å². The van der Waals surface area contributed by atoms with E-state index >= 15 is 0 Å². The Morgan fingerprint density at radius 2 is 2.26 bits per heavy atom. The zero-order valence-electron chi connectivity index (χ0n) is 10.2. The number of amides is 1. The first-order valence-electron chi connectivity index (χ1n) is 5.62. The summed E-state index contributed by atoms with van der Waals surface area (Å²) >= 11 is 1.07. The Kier molecular flexibility index (Phi) is 4.19. The van der Waals surface area contributed by atoms with Gasteiger partial charge in [-0.2, -0.15) is 5.32 Å². The van der Waals surface area contributed by atoms with Crippen molar-refractivity contribution in [1.29, 1.82) is 0 Å². The van der Waals surface area contributed by atoms with E-state index in [-0.39, 0.29) is 10.9 Å². The van der Waals surface area contributed by atoms with Gasteiger partial charge in [0.25, 0.3) is 0 Å². The van der Waals surface area contributed by atoms with Crippen LogP contribution in [0.2, 0.25) is 0 Å². The molecule has 0 saturated heterocycles. The van der Waals surface area contributed by atoms with E-state index in [4.69, 9.17) is 4.74 Å². The van der Waals surface area contributed by atoms with E-state index in [1.807, 2.05) is 6.92 Å². The number of para-hydroxylation sites is 1. The Morgan fingerprint density at radius 3 is 2.95 bits per heavy atom. The normalized spacial score (nSPS) is 9.95. The molecule has 0 fully saturated rings. The largest absolute Gasteiger partial charge is 0.493 e. The number of nitrogens with zero attached hydrogens (tertiary/aromatic N) is 1. The Hall–Kier alpha value is -2.28. The van der Waals surface area contributed by atoms with Crippen LogP contribution in [0, 0.1) is 4.91 Å². The molecular formula is C12H12N3O3S+. The first kappa shape index (κ1) is 13.2. The molecule has 1 aromatic carbocycles. The zero-order chi connectivity index (χ0) is 13.7. The van der Waals surface area contributed by atoms with Crippen LogP contribution in [0.5, 0.6) is 5.75 Å². The molecular weight excluding hydrogens is 266 g/mol. The molecule has 0 radical (unpaired) electrons. The lowest BCUT2D eigenvalue weighted by atomic mass is 10.2. The van der Waals surface area contributed by atoms with Crippen molar-refractivity contribution in [3.8, 4) is 5.75 Å². The number of hydrogen-bond acceptors (Lipinski definition) is 5. The molecule has 1 amide bonds. The fourth-order valence-corrected chi connectivity index (χ4v) is 2.13.